The van der Waals surface area contributed by atoms with Gasteiger partial charge in [0.15, 0.2) is 0 Å². The summed E-state index contributed by atoms with van der Waals surface area (Å²) in [5, 5.41) is 0. The Bertz CT molecular complexity index is 252. The summed E-state index contributed by atoms with van der Waals surface area (Å²) in [5.74, 6) is 0.157. The van der Waals surface area contributed by atoms with E-state index < -0.39 is 21.9 Å². The van der Waals surface area contributed by atoms with Crippen LogP contribution >= 0.6 is 18.5 Å². The van der Waals surface area contributed by atoms with Crippen LogP contribution in [-0.4, -0.2) is 11.1 Å². The van der Waals surface area contributed by atoms with E-state index >= 15 is 0 Å². The molecule has 0 aliphatic carbocycles. The van der Waals surface area contributed by atoms with Gasteiger partial charge < -0.3 is 0 Å². The summed E-state index contributed by atoms with van der Waals surface area (Å²) in [7, 11) is 4.81. The lowest BCUT2D eigenvalue weighted by Crippen LogP contribution is -2.54. The molecule has 0 saturated heterocycles. The van der Waals surface area contributed by atoms with E-state index in [-0.39, 0.29) is 5.92 Å². The van der Waals surface area contributed by atoms with Gasteiger partial charge in [0.2, 0.25) is 0 Å². The summed E-state index contributed by atoms with van der Waals surface area (Å²) in [5.41, 5.74) is -2.23. The molecule has 0 N–H and O–H groups in total. The Balaban J connectivity index is 5.53. The lowest BCUT2D eigenvalue weighted by molar-refractivity contribution is -0.224. The fourth-order valence-electron chi connectivity index (χ4n) is 1.52. The van der Waals surface area contributed by atoms with Gasteiger partial charge in [0.1, 0.15) is 0 Å². The molecule has 0 radical (unpaired) electrons. The molecule has 0 aliphatic rings. The zero-order valence-electron chi connectivity index (χ0n) is 10.9. The van der Waals surface area contributed by atoms with E-state index in [1.54, 1.807) is 0 Å². The van der Waals surface area contributed by atoms with Gasteiger partial charge in [-0.25, -0.2) is 0 Å². The predicted octanol–water partition coefficient (Wildman–Crippen LogP) is 4.70. The van der Waals surface area contributed by atoms with Gasteiger partial charge in [0, 0.05) is 4.90 Å². The molecule has 0 saturated carbocycles. The summed E-state index contributed by atoms with van der Waals surface area (Å²) in [6.07, 6.45) is -4.22. The van der Waals surface area contributed by atoms with Crippen molar-refractivity contribution in [2.75, 3.05) is 0 Å². The molecule has 2 atom stereocenters. The average molecular weight is 274 g/mol. The monoisotopic (exact) mass is 274 g/mol. The van der Waals surface area contributed by atoms with Crippen molar-refractivity contribution in [1.82, 2.24) is 0 Å². The summed E-state index contributed by atoms with van der Waals surface area (Å²) in [6.45, 7) is 10.2. The van der Waals surface area contributed by atoms with Crippen molar-refractivity contribution in [3.63, 3.8) is 0 Å². The summed E-state index contributed by atoms with van der Waals surface area (Å²) in [4.78, 5) is -0.994. The zero-order chi connectivity index (χ0) is 13.6. The second-order valence-corrected chi connectivity index (χ2v) is 8.36. The molecule has 0 bridgehead atoms. The molecule has 0 rings (SSSR count). The van der Waals surface area contributed by atoms with Gasteiger partial charge in [0.05, 0.1) is 5.41 Å². The lowest BCUT2D eigenvalue weighted by atomic mass is 9.67. The molecule has 5 heteroatoms. The molecule has 0 heterocycles. The number of hydrogen-bond donors (Lipinski definition) is 0. The molecule has 0 amide bonds. The highest BCUT2D eigenvalue weighted by Gasteiger charge is 2.61. The van der Waals surface area contributed by atoms with Gasteiger partial charge in [-0.2, -0.15) is 13.2 Å². The highest BCUT2D eigenvalue weighted by Crippen LogP contribution is 2.63. The Morgan fingerprint density at radius 3 is 1.38 bits per heavy atom. The van der Waals surface area contributed by atoms with Crippen LogP contribution in [-0.2, 0) is 0 Å². The van der Waals surface area contributed by atoms with Crippen LogP contribution in [0.1, 0.15) is 41.5 Å². The van der Waals surface area contributed by atoms with Gasteiger partial charge in [-0.05, 0) is 25.2 Å². The molecule has 0 aromatic carbocycles. The molecule has 16 heavy (non-hydrogen) atoms. The minimum absolute atomic E-state index is 0.157. The van der Waals surface area contributed by atoms with Gasteiger partial charge in [-0.1, -0.05) is 27.7 Å². The maximum absolute atomic E-state index is 13.1. The fraction of sp³-hybridized carbons (Fsp3) is 1.00. The van der Waals surface area contributed by atoms with Crippen LogP contribution in [0.5, 0.6) is 0 Å². The molecular weight excluding hydrogens is 251 g/mol. The third-order valence-electron chi connectivity index (χ3n) is 4.25. The lowest BCUT2D eigenvalue weighted by Gasteiger charge is -2.54. The molecule has 0 fully saturated rings. The second-order valence-electron chi connectivity index (χ2n) is 5.87. The van der Waals surface area contributed by atoms with Gasteiger partial charge in [-0.3, -0.25) is 0 Å². The van der Waals surface area contributed by atoms with Crippen LogP contribution in [0.3, 0.4) is 0 Å². The Morgan fingerprint density at radius 1 is 0.875 bits per heavy atom. The van der Waals surface area contributed by atoms with E-state index in [4.69, 9.17) is 0 Å². The molecule has 0 spiro atoms. The van der Waals surface area contributed by atoms with Crippen LogP contribution in [0.4, 0.5) is 13.2 Å². The molecule has 0 aromatic rings. The van der Waals surface area contributed by atoms with Crippen molar-refractivity contribution in [2.24, 2.45) is 16.7 Å². The first-order valence-corrected chi connectivity index (χ1v) is 6.49. The van der Waals surface area contributed by atoms with E-state index in [1.165, 1.54) is 13.8 Å². The molecule has 98 valence electrons. The van der Waals surface area contributed by atoms with Crippen molar-refractivity contribution in [3.05, 3.63) is 0 Å². The van der Waals surface area contributed by atoms with Crippen LogP contribution in [0, 0.1) is 16.7 Å². The van der Waals surface area contributed by atoms with Crippen LogP contribution in [0.2, 0.25) is 0 Å². The summed E-state index contributed by atoms with van der Waals surface area (Å²) in [6, 6.07) is 0. The third kappa shape index (κ3) is 2.41. The summed E-state index contributed by atoms with van der Waals surface area (Å²) < 4.78 is 39.3. The number of alkyl halides is 3. The topological polar surface area (TPSA) is 0 Å². The standard InChI is InChI=1S/C11H23F3P2/c1-7(2)8(3,4)10(15,16)9(5,6)11(12,13)14/h7H,15-16H2,1-6H3. The first-order chi connectivity index (χ1) is 6.69. The predicted molar refractivity (Wildman–Crippen MR) is 70.6 cm³/mol. The van der Waals surface area contributed by atoms with Crippen LogP contribution in [0.15, 0.2) is 0 Å². The van der Waals surface area contributed by atoms with Crippen molar-refractivity contribution in [2.45, 2.75) is 52.6 Å². The highest BCUT2D eigenvalue weighted by molar-refractivity contribution is 7.40. The maximum Gasteiger partial charge on any atom is 0.395 e. The molecule has 0 aliphatic heterocycles. The van der Waals surface area contributed by atoms with Crippen LogP contribution in [0.25, 0.3) is 0 Å². The van der Waals surface area contributed by atoms with Crippen molar-refractivity contribution in [3.8, 4) is 0 Å². The quantitative estimate of drug-likeness (QED) is 0.654. The van der Waals surface area contributed by atoms with E-state index in [0.717, 1.165) is 0 Å². The van der Waals surface area contributed by atoms with E-state index in [1.807, 2.05) is 27.7 Å². The first kappa shape index (κ1) is 16.6. The summed E-state index contributed by atoms with van der Waals surface area (Å²) >= 11 is 0. The minimum atomic E-state index is -4.22. The molecule has 0 aromatic heterocycles. The van der Waals surface area contributed by atoms with E-state index in [2.05, 4.69) is 18.5 Å². The normalized spacial score (nSPS) is 15.8. The number of hydrogen-bond acceptors (Lipinski definition) is 0. The Kier molecular flexibility index (Phi) is 4.57. The van der Waals surface area contributed by atoms with Crippen LogP contribution < -0.4 is 0 Å². The van der Waals surface area contributed by atoms with Gasteiger partial charge in [0.25, 0.3) is 0 Å². The SMILES string of the molecule is CC(C)C(C)(C)C(P)(P)C(C)(C)C(F)(F)F. The fourth-order valence-corrected chi connectivity index (χ4v) is 2.51. The first-order valence-electron chi connectivity index (χ1n) is 5.34. The van der Waals surface area contributed by atoms with Gasteiger partial charge >= 0.3 is 6.18 Å². The van der Waals surface area contributed by atoms with Crippen molar-refractivity contribution in [1.29, 1.82) is 0 Å². The molecular formula is C11H23F3P2. The van der Waals surface area contributed by atoms with Crippen molar-refractivity contribution < 1.29 is 13.2 Å². The van der Waals surface area contributed by atoms with Crippen molar-refractivity contribution >= 4 is 18.5 Å². The molecule has 0 nitrogen and oxygen atoms in total. The Hall–Kier alpha value is 0.650. The Labute approximate surface area is 102 Å². The smallest absolute Gasteiger partial charge is 0.170 e. The Morgan fingerprint density at radius 2 is 1.19 bits per heavy atom. The largest absolute Gasteiger partial charge is 0.395 e. The second kappa shape index (κ2) is 4.39. The number of rotatable bonds is 3. The highest BCUT2D eigenvalue weighted by atomic mass is 31.1. The minimum Gasteiger partial charge on any atom is -0.170 e. The average Bonchev–Trinajstić information content (AvgIpc) is 2.00. The maximum atomic E-state index is 13.1. The zero-order valence-corrected chi connectivity index (χ0v) is 13.2. The number of halogens is 3. The van der Waals surface area contributed by atoms with E-state index in [9.17, 15) is 13.2 Å². The molecule has 2 unspecified atom stereocenters. The van der Waals surface area contributed by atoms with Gasteiger partial charge in [-0.15, -0.1) is 18.5 Å². The van der Waals surface area contributed by atoms with E-state index in [0.29, 0.717) is 0 Å². The third-order valence-corrected chi connectivity index (χ3v) is 7.18.